The zero-order chi connectivity index (χ0) is 32.6. The van der Waals surface area contributed by atoms with Crippen LogP contribution in [0.15, 0.2) is 18.3 Å². The zero-order valence-corrected chi connectivity index (χ0v) is 25.7. The van der Waals surface area contributed by atoms with Gasteiger partial charge in [-0.15, -0.1) is 16.9 Å². The zero-order valence-electron chi connectivity index (χ0n) is 24.8. The lowest BCUT2D eigenvalue weighted by atomic mass is 9.86. The molecule has 17 heteroatoms. The predicted molar refractivity (Wildman–Crippen MR) is 155 cm³/mol. The van der Waals surface area contributed by atoms with Crippen molar-refractivity contribution in [3.05, 3.63) is 35.8 Å². The minimum Gasteiger partial charge on any atom is -0.394 e. The monoisotopic (exact) mass is 660 g/mol. The van der Waals surface area contributed by atoms with Crippen LogP contribution in [0.2, 0.25) is 0 Å². The van der Waals surface area contributed by atoms with E-state index in [0.29, 0.717) is 6.54 Å². The number of hydrogen-bond acceptors (Lipinski definition) is 11. The van der Waals surface area contributed by atoms with Crippen molar-refractivity contribution >= 4 is 17.8 Å². The maximum Gasteiger partial charge on any atom is 0.317 e. The van der Waals surface area contributed by atoms with Crippen LogP contribution in [0.25, 0.3) is 11.3 Å². The van der Waals surface area contributed by atoms with Gasteiger partial charge in [0.2, 0.25) is 0 Å². The van der Waals surface area contributed by atoms with E-state index in [4.69, 9.17) is 4.74 Å². The molecule has 2 saturated heterocycles. The van der Waals surface area contributed by atoms with Crippen LogP contribution in [0.1, 0.15) is 38.6 Å². The Morgan fingerprint density at radius 1 is 1.20 bits per heavy atom. The number of carbonyl (C=O) groups excluding carboxylic acids is 1. The number of rotatable bonds is 10. The summed E-state index contributed by atoms with van der Waals surface area (Å²) in [5, 5.41) is 65.6. The van der Waals surface area contributed by atoms with Crippen molar-refractivity contribution in [2.75, 3.05) is 33.3 Å². The number of hydrogen-bond donors (Lipinski definition) is 6. The number of nitrogens with zero attached hydrogens (tertiary/aromatic N) is 5. The summed E-state index contributed by atoms with van der Waals surface area (Å²) in [5.74, 6) is -4.51. The molecule has 3 heterocycles. The number of ether oxygens (including phenoxy) is 1. The third-order valence-electron chi connectivity index (χ3n) is 8.80. The first-order chi connectivity index (χ1) is 21.4. The summed E-state index contributed by atoms with van der Waals surface area (Å²) in [6, 6.07) is 0.150. The molecule has 2 unspecified atom stereocenters. The van der Waals surface area contributed by atoms with Crippen LogP contribution in [-0.2, 0) is 4.74 Å². The van der Waals surface area contributed by atoms with E-state index in [2.05, 4.69) is 15.6 Å². The van der Waals surface area contributed by atoms with Gasteiger partial charge in [-0.3, -0.25) is 4.90 Å². The van der Waals surface area contributed by atoms with Gasteiger partial charge < -0.3 is 40.5 Å². The van der Waals surface area contributed by atoms with E-state index in [0.717, 1.165) is 41.4 Å². The highest BCUT2D eigenvalue weighted by molar-refractivity contribution is 8.00. The Morgan fingerprint density at radius 2 is 1.84 bits per heavy atom. The number of amides is 2. The van der Waals surface area contributed by atoms with E-state index >= 15 is 0 Å². The Hall–Kier alpha value is -2.51. The second-order valence-corrected chi connectivity index (χ2v) is 13.1. The standard InChI is InChI=1S/C28H39F3N6O7S/c1-3-35(2)25(41)24(28(43)6-8-36(9-7-28)27(42)32-15-4-5-15)45-26-23(40)21(22(39)19(13-38)44-26)37-12-18(33-34-37)14-10-16(29)20(31)17(30)11-14/h10-12,15,19,21-26,38-41,43H,3-9,13H2,1-2H3,(H,32,42)/t19-,21+,22+,23-,24?,25?,26+/m1/s1. The molecule has 1 aromatic heterocycles. The van der Waals surface area contributed by atoms with Crippen LogP contribution in [0.5, 0.6) is 0 Å². The summed E-state index contributed by atoms with van der Waals surface area (Å²) in [5.41, 5.74) is -2.92. The molecule has 13 nitrogen and oxygen atoms in total. The summed E-state index contributed by atoms with van der Waals surface area (Å²) in [7, 11) is 1.67. The molecule has 2 amide bonds. The van der Waals surface area contributed by atoms with Crippen LogP contribution in [0, 0.1) is 17.5 Å². The Labute approximate surface area is 262 Å². The number of urea groups is 1. The van der Waals surface area contributed by atoms with Crippen molar-refractivity contribution in [1.82, 2.24) is 30.1 Å². The minimum absolute atomic E-state index is 0.0758. The molecule has 7 atom stereocenters. The van der Waals surface area contributed by atoms with Gasteiger partial charge in [-0.2, -0.15) is 0 Å². The van der Waals surface area contributed by atoms with E-state index in [9.17, 15) is 43.5 Å². The number of carbonyl (C=O) groups is 1. The quantitative estimate of drug-likeness (QED) is 0.154. The highest BCUT2D eigenvalue weighted by atomic mass is 32.2. The second kappa shape index (κ2) is 13.7. The summed E-state index contributed by atoms with van der Waals surface area (Å²) in [6.45, 7) is 2.05. The number of aliphatic hydroxyl groups excluding tert-OH is 4. The Balaban J connectivity index is 1.38. The van der Waals surface area contributed by atoms with Gasteiger partial charge in [0.1, 0.15) is 41.7 Å². The first-order valence-corrected chi connectivity index (χ1v) is 15.8. The van der Waals surface area contributed by atoms with Gasteiger partial charge in [0.25, 0.3) is 0 Å². The van der Waals surface area contributed by atoms with Crippen LogP contribution >= 0.6 is 11.8 Å². The lowest BCUT2D eigenvalue weighted by molar-refractivity contribution is -0.179. The number of aromatic nitrogens is 3. The predicted octanol–water partition coefficient (Wildman–Crippen LogP) is 0.413. The highest BCUT2D eigenvalue weighted by Gasteiger charge is 2.52. The number of aliphatic hydroxyl groups is 5. The molecule has 45 heavy (non-hydrogen) atoms. The van der Waals surface area contributed by atoms with Crippen LogP contribution < -0.4 is 5.32 Å². The van der Waals surface area contributed by atoms with Gasteiger partial charge in [-0.25, -0.2) is 22.6 Å². The van der Waals surface area contributed by atoms with Crippen LogP contribution in [0.4, 0.5) is 18.0 Å². The average Bonchev–Trinajstić information content (AvgIpc) is 3.70. The van der Waals surface area contributed by atoms with Crippen molar-refractivity contribution in [2.24, 2.45) is 0 Å². The topological polar surface area (TPSA) is 177 Å². The lowest BCUT2D eigenvalue weighted by Gasteiger charge is -2.48. The number of piperidine rings is 1. The van der Waals surface area contributed by atoms with Crippen molar-refractivity contribution < 1.29 is 48.2 Å². The number of halogens is 3. The molecule has 1 aromatic carbocycles. The SMILES string of the molecule is CCN(C)C(O)C(S[C@@H]1O[C@H](CO)[C@H](O)[C@H](n2cc(-c3cc(F)c(F)c(F)c3)nn2)[C@H]1O)C1(O)CCN(C(=O)NC2CC2)CC1. The number of benzene rings is 1. The fraction of sp³-hybridized carbons (Fsp3) is 0.679. The minimum atomic E-state index is -1.65. The molecule has 3 fully saturated rings. The average molecular weight is 661 g/mol. The highest BCUT2D eigenvalue weighted by Crippen LogP contribution is 2.43. The van der Waals surface area contributed by atoms with Crippen molar-refractivity contribution in [3.8, 4) is 11.3 Å². The van der Waals surface area contributed by atoms with E-state index < -0.39 is 70.9 Å². The molecule has 0 spiro atoms. The molecule has 1 aliphatic carbocycles. The summed E-state index contributed by atoms with van der Waals surface area (Å²) in [4.78, 5) is 15.8. The van der Waals surface area contributed by atoms with Crippen molar-refractivity contribution in [1.29, 1.82) is 0 Å². The third kappa shape index (κ3) is 7.10. The summed E-state index contributed by atoms with van der Waals surface area (Å²) >= 11 is 0.932. The van der Waals surface area contributed by atoms with E-state index in [-0.39, 0.29) is 49.3 Å². The smallest absolute Gasteiger partial charge is 0.317 e. The van der Waals surface area contributed by atoms with Crippen LogP contribution in [0.3, 0.4) is 0 Å². The van der Waals surface area contributed by atoms with Gasteiger partial charge >= 0.3 is 6.03 Å². The molecule has 0 bridgehead atoms. The lowest BCUT2D eigenvalue weighted by Crippen LogP contribution is -2.61. The Kier molecular flexibility index (Phi) is 10.3. The maximum absolute atomic E-state index is 13.9. The number of nitrogens with one attached hydrogen (secondary N) is 1. The largest absolute Gasteiger partial charge is 0.394 e. The van der Waals surface area contributed by atoms with Crippen LogP contribution in [-0.4, -0.2) is 137 Å². The molecule has 6 N–H and O–H groups in total. The molecule has 1 saturated carbocycles. The maximum atomic E-state index is 13.9. The molecular formula is C28H39F3N6O7S. The van der Waals surface area contributed by atoms with E-state index in [1.54, 1.807) is 16.8 Å². The first-order valence-electron chi connectivity index (χ1n) is 14.9. The van der Waals surface area contributed by atoms with Gasteiger partial charge in [0.05, 0.1) is 23.7 Å². The molecule has 0 radical (unpaired) electrons. The number of thioether (sulfide) groups is 1. The first kappa shape index (κ1) is 33.8. The van der Waals surface area contributed by atoms with Gasteiger partial charge in [0.15, 0.2) is 17.5 Å². The van der Waals surface area contributed by atoms with Gasteiger partial charge in [0, 0.05) is 24.7 Å². The molecule has 250 valence electrons. The summed E-state index contributed by atoms with van der Waals surface area (Å²) < 4.78 is 48.2. The van der Waals surface area contributed by atoms with Gasteiger partial charge in [-0.1, -0.05) is 12.1 Å². The summed E-state index contributed by atoms with van der Waals surface area (Å²) in [6.07, 6.45) is -2.16. The second-order valence-electron chi connectivity index (χ2n) is 11.9. The normalized spacial score (nSPS) is 28.2. The number of likely N-dealkylation sites (tertiary alicyclic amines) is 1. The molecule has 3 aliphatic rings. The van der Waals surface area contributed by atoms with Crippen molar-refractivity contribution in [3.63, 3.8) is 0 Å². The molecule has 5 rings (SSSR count). The van der Waals surface area contributed by atoms with Gasteiger partial charge in [-0.05, 0) is 51.4 Å². The Morgan fingerprint density at radius 3 is 2.42 bits per heavy atom. The van der Waals surface area contributed by atoms with E-state index in [1.165, 1.54) is 6.20 Å². The fourth-order valence-electron chi connectivity index (χ4n) is 5.66. The van der Waals surface area contributed by atoms with E-state index in [1.807, 2.05) is 6.92 Å². The fourth-order valence-corrected chi connectivity index (χ4v) is 7.32. The molecule has 2 aliphatic heterocycles. The van der Waals surface area contributed by atoms with Crippen molar-refractivity contribution in [2.45, 2.75) is 85.5 Å². The molecule has 2 aromatic rings. The molecular weight excluding hydrogens is 621 g/mol. The Bertz CT molecular complexity index is 1320. The third-order valence-corrected chi connectivity index (χ3v) is 10.4.